The molecule has 0 spiro atoms. The molecular formula is C14H22K2O10. The second kappa shape index (κ2) is 24.0. The van der Waals surface area contributed by atoms with Crippen molar-refractivity contribution in [2.75, 3.05) is 33.5 Å². The quantitative estimate of drug-likeness (QED) is 0.164. The van der Waals surface area contributed by atoms with Gasteiger partial charge in [-0.15, -0.1) is 0 Å². The number of carboxylic acid groups (broad SMARTS) is 2. The summed E-state index contributed by atoms with van der Waals surface area (Å²) in [5.41, 5.74) is -1.59. The van der Waals surface area contributed by atoms with Gasteiger partial charge >= 0.3 is 109 Å². The van der Waals surface area contributed by atoms with Crippen LogP contribution < -0.4 is 113 Å². The molecule has 0 aliphatic heterocycles. The van der Waals surface area contributed by atoms with Crippen LogP contribution in [0, 0.1) is 5.41 Å². The van der Waals surface area contributed by atoms with Crippen LogP contribution in [0.2, 0.25) is 0 Å². The van der Waals surface area contributed by atoms with E-state index in [-0.39, 0.29) is 103 Å². The molecule has 0 amide bonds. The number of esters is 1. The topological polar surface area (TPSA) is 187 Å². The summed E-state index contributed by atoms with van der Waals surface area (Å²) in [6.45, 7) is 4.44. The van der Waals surface area contributed by atoms with Crippen LogP contribution in [0.25, 0.3) is 0 Å². The molecule has 12 heteroatoms. The van der Waals surface area contributed by atoms with Gasteiger partial charge in [0.15, 0.2) is 0 Å². The number of methoxy groups -OCH3 is 1. The number of carbonyl (C=O) groups is 3. The van der Waals surface area contributed by atoms with Gasteiger partial charge in [0.05, 0.1) is 44.9 Å². The molecular weight excluding hydrogens is 406 g/mol. The molecule has 0 saturated carbocycles. The van der Waals surface area contributed by atoms with Gasteiger partial charge in [0.2, 0.25) is 0 Å². The van der Waals surface area contributed by atoms with Crippen LogP contribution >= 0.6 is 0 Å². The molecule has 0 atom stereocenters. The molecule has 0 heterocycles. The fourth-order valence-corrected chi connectivity index (χ4v) is 0.630. The van der Waals surface area contributed by atoms with Gasteiger partial charge in [-0.25, -0.2) is 4.79 Å². The second-order valence-corrected chi connectivity index (χ2v) is 4.30. The number of carbonyl (C=O) groups excluding carboxylic acids is 3. The van der Waals surface area contributed by atoms with Gasteiger partial charge < -0.3 is 45.0 Å². The maximum Gasteiger partial charge on any atom is 1.00 e. The minimum absolute atomic E-state index is 0. The molecule has 0 aliphatic carbocycles. The number of rotatable bonds is 8. The smallest absolute Gasteiger partial charge is 0.550 e. The number of hydrogen-bond acceptors (Lipinski definition) is 10. The summed E-state index contributed by atoms with van der Waals surface area (Å²) >= 11 is 0. The summed E-state index contributed by atoms with van der Waals surface area (Å²) in [6.07, 6.45) is 0.433. The Bertz CT molecular complexity index is 404. The molecule has 10 nitrogen and oxygen atoms in total. The molecule has 0 fully saturated rings. The molecule has 0 aromatic heterocycles. The molecule has 0 radical (unpaired) electrons. The first-order valence-electron chi connectivity index (χ1n) is 6.32. The first kappa shape index (κ1) is 37.7. The molecule has 0 unspecified atom stereocenters. The molecule has 0 aromatic carbocycles. The van der Waals surface area contributed by atoms with Crippen LogP contribution in [-0.2, 0) is 19.1 Å². The average molecular weight is 429 g/mol. The van der Waals surface area contributed by atoms with Crippen LogP contribution in [0.3, 0.4) is 0 Å². The first-order chi connectivity index (χ1) is 11.1. The zero-order valence-electron chi connectivity index (χ0n) is 15.3. The second-order valence-electron chi connectivity index (χ2n) is 4.30. The van der Waals surface area contributed by atoms with Gasteiger partial charge in [-0.1, -0.05) is 13.2 Å². The van der Waals surface area contributed by atoms with E-state index in [1.807, 2.05) is 0 Å². The van der Waals surface area contributed by atoms with Crippen LogP contribution in [0.5, 0.6) is 0 Å². The Labute approximate surface area is 236 Å². The zero-order valence-corrected chi connectivity index (χ0v) is 21.5. The van der Waals surface area contributed by atoms with Crippen LogP contribution in [0.15, 0.2) is 24.8 Å². The Morgan fingerprint density at radius 1 is 1.00 bits per heavy atom. The predicted molar refractivity (Wildman–Crippen MR) is 76.8 cm³/mol. The van der Waals surface area contributed by atoms with E-state index >= 15 is 0 Å². The number of carboxylic acids is 2. The predicted octanol–water partition coefficient (Wildman–Crippen LogP) is -10.3. The summed E-state index contributed by atoms with van der Waals surface area (Å²) in [5.74, 6) is -3.42. The molecule has 4 N–H and O–H groups in total. The molecule has 26 heavy (non-hydrogen) atoms. The Hall–Kier alpha value is 1.00. The summed E-state index contributed by atoms with van der Waals surface area (Å²) in [7, 11) is 1.31. The first-order valence-corrected chi connectivity index (χ1v) is 6.32. The van der Waals surface area contributed by atoms with E-state index in [1.54, 1.807) is 0 Å². The summed E-state index contributed by atoms with van der Waals surface area (Å²) in [4.78, 5) is 29.2. The van der Waals surface area contributed by atoms with Crippen molar-refractivity contribution in [3.05, 3.63) is 24.8 Å². The third kappa shape index (κ3) is 23.0. The maximum atomic E-state index is 9.84. The van der Waals surface area contributed by atoms with Gasteiger partial charge in [-0.3, -0.25) is 0 Å². The Morgan fingerprint density at radius 2 is 1.35 bits per heavy atom. The van der Waals surface area contributed by atoms with Crippen molar-refractivity contribution in [1.29, 1.82) is 0 Å². The monoisotopic (exact) mass is 428 g/mol. The van der Waals surface area contributed by atoms with Crippen molar-refractivity contribution in [2.45, 2.75) is 6.42 Å². The number of aliphatic carboxylic acids is 2. The number of hydrogen-bond donors (Lipinski definition) is 4. The van der Waals surface area contributed by atoms with E-state index in [2.05, 4.69) is 17.9 Å². The molecule has 0 bridgehead atoms. The Kier molecular flexibility index (Phi) is 34.9. The fourth-order valence-electron chi connectivity index (χ4n) is 0.630. The molecule has 0 aromatic rings. The Balaban J connectivity index is -0.0000000834. The van der Waals surface area contributed by atoms with Crippen molar-refractivity contribution in [2.24, 2.45) is 5.41 Å². The summed E-state index contributed by atoms with van der Waals surface area (Å²) in [6, 6.07) is 0. The van der Waals surface area contributed by atoms with Crippen molar-refractivity contribution < 1.29 is 153 Å². The van der Waals surface area contributed by atoms with E-state index in [9.17, 15) is 24.6 Å². The minimum atomic E-state index is -1.56. The zero-order chi connectivity index (χ0) is 19.8. The molecule has 0 aliphatic rings. The van der Waals surface area contributed by atoms with Crippen molar-refractivity contribution in [3.8, 4) is 0 Å². The van der Waals surface area contributed by atoms with E-state index in [0.717, 1.165) is 6.08 Å². The van der Waals surface area contributed by atoms with Gasteiger partial charge in [0, 0.05) is 18.5 Å². The van der Waals surface area contributed by atoms with Crippen molar-refractivity contribution in [1.82, 2.24) is 0 Å². The van der Waals surface area contributed by atoms with Crippen molar-refractivity contribution in [3.63, 3.8) is 0 Å². The van der Waals surface area contributed by atoms with Crippen LogP contribution in [-0.4, -0.2) is 71.9 Å². The molecule has 0 rings (SSSR count). The van der Waals surface area contributed by atoms with E-state index in [1.165, 1.54) is 7.11 Å². The summed E-state index contributed by atoms with van der Waals surface area (Å²) < 4.78 is 4.14. The van der Waals surface area contributed by atoms with Gasteiger partial charge in [-0.2, -0.15) is 0 Å². The third-order valence-electron chi connectivity index (χ3n) is 2.36. The van der Waals surface area contributed by atoms with Crippen LogP contribution in [0.4, 0.5) is 0 Å². The molecule has 140 valence electrons. The number of ether oxygens (including phenoxy) is 1. The minimum Gasteiger partial charge on any atom is -0.550 e. The maximum absolute atomic E-state index is 9.84. The number of aliphatic hydroxyl groups is 4. The largest absolute Gasteiger partial charge is 1.00 e. The Morgan fingerprint density at radius 3 is 1.38 bits per heavy atom. The van der Waals surface area contributed by atoms with E-state index in [0.29, 0.717) is 0 Å². The van der Waals surface area contributed by atoms with E-state index in [4.69, 9.17) is 20.4 Å². The van der Waals surface area contributed by atoms with E-state index < -0.39 is 61.7 Å². The van der Waals surface area contributed by atoms with Gasteiger partial charge in [0.1, 0.15) is 0 Å². The SMILES string of the molecule is C=C(CC(=O)[O-])C(=O)[O-].C=CC(=O)OC.OCC(CO)(CO)CO.[K+].[K+]. The summed E-state index contributed by atoms with van der Waals surface area (Å²) in [5, 5.41) is 53.4. The standard InChI is InChI=1S/C5H12O4.C5H6O4.C4H6O2.2K/c6-1-5(2-7,3-8)4-9;1-3(5(8)9)2-4(6)7;1-3-4(5)6-2;;/h6-9H,1-4H2;1-2H2,(H,6,7)(H,8,9);3H,1H2,2H3;;/q;;;2*+1/p-2. The number of aliphatic hydroxyl groups excluding tert-OH is 4. The molecule has 0 saturated heterocycles. The normalized spacial score (nSPS) is 8.65. The van der Waals surface area contributed by atoms with Gasteiger partial charge in [-0.05, 0) is 5.57 Å². The van der Waals surface area contributed by atoms with Gasteiger partial charge in [0.25, 0.3) is 0 Å². The average Bonchev–Trinajstić information content (AvgIpc) is 2.57. The third-order valence-corrected chi connectivity index (χ3v) is 2.36. The fraction of sp³-hybridized carbons (Fsp3) is 0.500. The van der Waals surface area contributed by atoms with Crippen molar-refractivity contribution >= 4 is 17.9 Å². The van der Waals surface area contributed by atoms with Crippen LogP contribution in [0.1, 0.15) is 6.42 Å².